The highest BCUT2D eigenvalue weighted by molar-refractivity contribution is 5.76. The van der Waals surface area contributed by atoms with Gasteiger partial charge in [0.05, 0.1) is 0 Å². The minimum absolute atomic E-state index is 0.373. The number of aromatic amines is 1. The Morgan fingerprint density at radius 1 is 0.962 bits per heavy atom. The molecule has 0 unspecified atom stereocenters. The number of aromatic nitrogens is 5. The maximum absolute atomic E-state index is 12.6. The first kappa shape index (κ1) is 18.1. The molecule has 0 aliphatic heterocycles. The number of imidazole rings is 1. The molecule has 3 aromatic rings. The van der Waals surface area contributed by atoms with Crippen molar-refractivity contribution in [1.29, 1.82) is 0 Å². The maximum Gasteiger partial charge on any atom is 0.330 e. The van der Waals surface area contributed by atoms with Gasteiger partial charge >= 0.3 is 5.69 Å². The molecular formula is C19H25N5O2. The highest BCUT2D eigenvalue weighted by Crippen LogP contribution is 2.23. The lowest BCUT2D eigenvalue weighted by Gasteiger charge is -2.09. The van der Waals surface area contributed by atoms with Crippen LogP contribution >= 0.6 is 0 Å². The van der Waals surface area contributed by atoms with Crippen LogP contribution in [0.15, 0.2) is 34.1 Å². The Balaban J connectivity index is 2.24. The molecule has 0 aromatic carbocycles. The number of nitrogens with one attached hydrogen (secondary N) is 1. The average molecular weight is 355 g/mol. The molecule has 1 N–H and O–H groups in total. The summed E-state index contributed by atoms with van der Waals surface area (Å²) >= 11 is 0. The zero-order valence-electron chi connectivity index (χ0n) is 15.4. The van der Waals surface area contributed by atoms with Gasteiger partial charge < -0.3 is 4.57 Å². The van der Waals surface area contributed by atoms with Crippen molar-refractivity contribution in [2.24, 2.45) is 0 Å². The van der Waals surface area contributed by atoms with E-state index >= 15 is 0 Å². The minimum Gasteiger partial charge on any atom is -0.318 e. The molecule has 0 saturated carbocycles. The normalized spacial score (nSPS) is 11.3. The molecule has 3 heterocycles. The Bertz CT molecular complexity index is 985. The number of H-pyrrole nitrogens is 1. The number of rotatable bonds is 8. The van der Waals surface area contributed by atoms with Crippen molar-refractivity contribution in [3.63, 3.8) is 0 Å². The molecule has 3 aromatic heterocycles. The summed E-state index contributed by atoms with van der Waals surface area (Å²) in [5.74, 6) is 0.708. The highest BCUT2D eigenvalue weighted by Gasteiger charge is 2.19. The topological polar surface area (TPSA) is 85.6 Å². The maximum atomic E-state index is 12.6. The predicted molar refractivity (Wildman–Crippen MR) is 102 cm³/mol. The van der Waals surface area contributed by atoms with Gasteiger partial charge in [-0.25, -0.2) is 9.78 Å². The van der Waals surface area contributed by atoms with Gasteiger partial charge in [-0.1, -0.05) is 33.1 Å². The zero-order chi connectivity index (χ0) is 18.5. The second-order valence-corrected chi connectivity index (χ2v) is 6.47. The Labute approximate surface area is 151 Å². The van der Waals surface area contributed by atoms with Crippen LogP contribution in [0.1, 0.15) is 46.0 Å². The molecule has 0 fully saturated rings. The molecule has 0 saturated heterocycles. The van der Waals surface area contributed by atoms with Gasteiger partial charge in [0.2, 0.25) is 0 Å². The largest absolute Gasteiger partial charge is 0.330 e. The van der Waals surface area contributed by atoms with Crippen LogP contribution in [0, 0.1) is 0 Å². The average Bonchev–Trinajstić information content (AvgIpc) is 3.02. The van der Waals surface area contributed by atoms with Crippen LogP contribution < -0.4 is 11.2 Å². The summed E-state index contributed by atoms with van der Waals surface area (Å²) in [6, 6.07) is 3.75. The first-order valence-electron chi connectivity index (χ1n) is 9.31. The molecule has 0 aliphatic carbocycles. The van der Waals surface area contributed by atoms with Gasteiger partial charge in [-0.15, -0.1) is 0 Å². The van der Waals surface area contributed by atoms with Crippen LogP contribution in [0.5, 0.6) is 0 Å². The van der Waals surface area contributed by atoms with Crippen LogP contribution in [0.25, 0.3) is 22.6 Å². The van der Waals surface area contributed by atoms with E-state index in [1.165, 1.54) is 0 Å². The molecule has 7 nitrogen and oxygen atoms in total. The smallest absolute Gasteiger partial charge is 0.318 e. The second kappa shape index (κ2) is 8.12. The van der Waals surface area contributed by atoms with Gasteiger partial charge in [-0.05, 0) is 25.0 Å². The van der Waals surface area contributed by atoms with E-state index < -0.39 is 5.69 Å². The lowest BCUT2D eigenvalue weighted by molar-refractivity contribution is 0.606. The summed E-state index contributed by atoms with van der Waals surface area (Å²) in [5, 5.41) is 0. The fraction of sp³-hybridized carbons (Fsp3) is 0.474. The monoisotopic (exact) mass is 355 g/mol. The molecule has 0 aliphatic rings. The number of unbranched alkanes of at least 4 members (excludes halogenated alkanes) is 3. The molecule has 0 radical (unpaired) electrons. The third kappa shape index (κ3) is 3.47. The van der Waals surface area contributed by atoms with E-state index in [0.717, 1.165) is 37.7 Å². The van der Waals surface area contributed by atoms with Gasteiger partial charge in [-0.3, -0.25) is 19.3 Å². The molecule has 0 bridgehead atoms. The predicted octanol–water partition coefficient (Wildman–Crippen LogP) is 2.94. The summed E-state index contributed by atoms with van der Waals surface area (Å²) < 4.78 is 3.53. The van der Waals surface area contributed by atoms with Crippen molar-refractivity contribution in [2.45, 2.75) is 59.0 Å². The molecule has 0 spiro atoms. The summed E-state index contributed by atoms with van der Waals surface area (Å²) in [5.41, 5.74) is 1.07. The third-order valence-electron chi connectivity index (χ3n) is 4.54. The standard InChI is InChI=1S/C19H25N5O2/c1-3-5-7-13-23-15-17(21-16(23)14-8-10-20-11-9-14)24(12-6-4-2)19(26)22-18(15)25/h8-11H,3-7,12-13H2,1-2H3,(H,22,25,26). The van der Waals surface area contributed by atoms with Gasteiger partial charge in [0, 0.05) is 31.0 Å². The molecule has 3 rings (SSSR count). The van der Waals surface area contributed by atoms with Crippen LogP contribution in [0.2, 0.25) is 0 Å². The fourth-order valence-corrected chi connectivity index (χ4v) is 3.16. The van der Waals surface area contributed by atoms with Crippen molar-refractivity contribution in [1.82, 2.24) is 24.1 Å². The van der Waals surface area contributed by atoms with Crippen LogP contribution in [-0.4, -0.2) is 24.1 Å². The van der Waals surface area contributed by atoms with E-state index in [1.54, 1.807) is 17.0 Å². The molecule has 138 valence electrons. The summed E-state index contributed by atoms with van der Waals surface area (Å²) in [6.07, 6.45) is 8.35. The zero-order valence-corrected chi connectivity index (χ0v) is 15.4. The van der Waals surface area contributed by atoms with Gasteiger partial charge in [-0.2, -0.15) is 0 Å². The van der Waals surface area contributed by atoms with E-state index in [9.17, 15) is 9.59 Å². The lowest BCUT2D eigenvalue weighted by Crippen LogP contribution is -2.31. The first-order valence-corrected chi connectivity index (χ1v) is 9.31. The SMILES string of the molecule is CCCCCn1c(-c2ccncc2)nc2c1c(=O)[nH]c(=O)n2CCCC. The summed E-state index contributed by atoms with van der Waals surface area (Å²) in [6.45, 7) is 5.45. The Hall–Kier alpha value is -2.70. The van der Waals surface area contributed by atoms with Crippen LogP contribution in [-0.2, 0) is 13.1 Å². The van der Waals surface area contributed by atoms with Crippen molar-refractivity contribution in [2.75, 3.05) is 0 Å². The molecule has 7 heteroatoms. The van der Waals surface area contributed by atoms with E-state index in [4.69, 9.17) is 4.98 Å². The van der Waals surface area contributed by atoms with Gasteiger partial charge in [0.15, 0.2) is 11.2 Å². The first-order chi connectivity index (χ1) is 12.7. The van der Waals surface area contributed by atoms with E-state index in [-0.39, 0.29) is 5.56 Å². The van der Waals surface area contributed by atoms with E-state index in [0.29, 0.717) is 30.1 Å². The molecular weight excluding hydrogens is 330 g/mol. The van der Waals surface area contributed by atoms with Crippen LogP contribution in [0.3, 0.4) is 0 Å². The number of hydrogen-bond donors (Lipinski definition) is 1. The molecule has 0 amide bonds. The number of fused-ring (bicyclic) bond motifs is 1. The Kier molecular flexibility index (Phi) is 5.65. The summed E-state index contributed by atoms with van der Waals surface area (Å²) in [7, 11) is 0. The number of hydrogen-bond acceptors (Lipinski definition) is 4. The highest BCUT2D eigenvalue weighted by atomic mass is 16.2. The number of nitrogens with zero attached hydrogens (tertiary/aromatic N) is 4. The van der Waals surface area contributed by atoms with Crippen molar-refractivity contribution < 1.29 is 0 Å². The molecule has 26 heavy (non-hydrogen) atoms. The van der Waals surface area contributed by atoms with E-state index in [1.807, 2.05) is 16.7 Å². The van der Waals surface area contributed by atoms with Crippen molar-refractivity contribution >= 4 is 11.2 Å². The van der Waals surface area contributed by atoms with Gasteiger partial charge in [0.1, 0.15) is 5.82 Å². The van der Waals surface area contributed by atoms with Crippen molar-refractivity contribution in [3.8, 4) is 11.4 Å². The number of aryl methyl sites for hydroxylation is 2. The van der Waals surface area contributed by atoms with Crippen molar-refractivity contribution in [3.05, 3.63) is 45.4 Å². The quantitative estimate of drug-likeness (QED) is 0.630. The minimum atomic E-state index is -0.393. The van der Waals surface area contributed by atoms with E-state index in [2.05, 4.69) is 23.8 Å². The van der Waals surface area contributed by atoms with Gasteiger partial charge in [0.25, 0.3) is 5.56 Å². The summed E-state index contributed by atoms with van der Waals surface area (Å²) in [4.78, 5) is 36.1. The molecule has 0 atom stereocenters. The Morgan fingerprint density at radius 2 is 1.65 bits per heavy atom. The second-order valence-electron chi connectivity index (χ2n) is 6.47. The number of pyridine rings is 1. The third-order valence-corrected chi connectivity index (χ3v) is 4.54. The van der Waals surface area contributed by atoms with Crippen LogP contribution in [0.4, 0.5) is 0 Å². The lowest BCUT2D eigenvalue weighted by atomic mass is 10.2. The Morgan fingerprint density at radius 3 is 2.35 bits per heavy atom. The fourth-order valence-electron chi connectivity index (χ4n) is 3.16.